The Kier molecular flexibility index (Phi) is 3.75. The van der Waals surface area contributed by atoms with Crippen LogP contribution in [0.2, 0.25) is 0 Å². The molecule has 0 radical (unpaired) electrons. The van der Waals surface area contributed by atoms with Crippen molar-refractivity contribution >= 4 is 17.4 Å². The summed E-state index contributed by atoms with van der Waals surface area (Å²) in [7, 11) is 0. The van der Waals surface area contributed by atoms with Gasteiger partial charge in [0.2, 0.25) is 0 Å². The second kappa shape index (κ2) is 5.28. The molecule has 0 saturated carbocycles. The molecule has 0 aromatic heterocycles. The topological polar surface area (TPSA) is 26.0 Å². The Labute approximate surface area is 107 Å². The minimum absolute atomic E-state index is 0.835. The van der Waals surface area contributed by atoms with Crippen LogP contribution in [0, 0.1) is 13.8 Å². The zero-order chi connectivity index (χ0) is 12.3. The van der Waals surface area contributed by atoms with Gasteiger partial charge in [-0.2, -0.15) is 0 Å². The first kappa shape index (κ1) is 12.1. The number of anilines is 1. The predicted octanol–water partition coefficient (Wildman–Crippen LogP) is 4.18. The molecule has 0 amide bonds. The fourth-order valence-corrected chi connectivity index (χ4v) is 2.65. The van der Waals surface area contributed by atoms with Crippen molar-refractivity contribution in [2.75, 3.05) is 5.73 Å². The Bertz CT molecular complexity index is 503. The van der Waals surface area contributed by atoms with E-state index in [1.807, 2.05) is 23.9 Å². The van der Waals surface area contributed by atoms with Crippen LogP contribution in [0.5, 0.6) is 0 Å². The Morgan fingerprint density at radius 1 is 1.00 bits per heavy atom. The molecule has 2 heteroatoms. The molecule has 2 aromatic carbocycles. The second-order valence-electron chi connectivity index (χ2n) is 4.30. The number of nitrogen functional groups attached to an aromatic ring is 1. The maximum absolute atomic E-state index is 5.74. The smallest absolute Gasteiger partial charge is 0.0317 e. The van der Waals surface area contributed by atoms with Crippen LogP contribution < -0.4 is 5.73 Å². The van der Waals surface area contributed by atoms with Crippen LogP contribution in [0.1, 0.15) is 16.7 Å². The van der Waals surface area contributed by atoms with E-state index < -0.39 is 0 Å². The third kappa shape index (κ3) is 3.27. The molecule has 0 atom stereocenters. The maximum atomic E-state index is 5.74. The van der Waals surface area contributed by atoms with Gasteiger partial charge in [0.25, 0.3) is 0 Å². The Morgan fingerprint density at radius 2 is 1.71 bits per heavy atom. The van der Waals surface area contributed by atoms with Crippen LogP contribution in [0.3, 0.4) is 0 Å². The summed E-state index contributed by atoms with van der Waals surface area (Å²) in [5.74, 6) is 1.00. The van der Waals surface area contributed by atoms with E-state index in [0.29, 0.717) is 0 Å². The summed E-state index contributed by atoms with van der Waals surface area (Å²) in [6.45, 7) is 4.22. The first-order valence-corrected chi connectivity index (χ1v) is 6.68. The van der Waals surface area contributed by atoms with Crippen LogP contribution in [-0.4, -0.2) is 0 Å². The molecule has 0 aliphatic rings. The summed E-state index contributed by atoms with van der Waals surface area (Å²) in [6.07, 6.45) is 0. The minimum Gasteiger partial charge on any atom is -0.399 e. The standard InChI is InChI=1S/C15H17NS/c1-11-3-5-13(6-4-11)10-17-15-8-7-14(16)9-12(15)2/h3-9H,10,16H2,1-2H3. The van der Waals surface area contributed by atoms with Crippen LogP contribution in [-0.2, 0) is 5.75 Å². The van der Waals surface area contributed by atoms with Gasteiger partial charge in [0.1, 0.15) is 0 Å². The predicted molar refractivity (Wildman–Crippen MR) is 76.3 cm³/mol. The molecule has 0 fully saturated rings. The lowest BCUT2D eigenvalue weighted by molar-refractivity contribution is 1.29. The van der Waals surface area contributed by atoms with Crippen molar-refractivity contribution in [3.05, 3.63) is 59.2 Å². The summed E-state index contributed by atoms with van der Waals surface area (Å²) in [5.41, 5.74) is 10.5. The van der Waals surface area contributed by atoms with E-state index in [2.05, 4.69) is 44.2 Å². The molecular weight excluding hydrogens is 226 g/mol. The van der Waals surface area contributed by atoms with Crippen molar-refractivity contribution in [3.63, 3.8) is 0 Å². The van der Waals surface area contributed by atoms with E-state index in [9.17, 15) is 0 Å². The number of benzene rings is 2. The minimum atomic E-state index is 0.835. The van der Waals surface area contributed by atoms with E-state index >= 15 is 0 Å². The first-order valence-electron chi connectivity index (χ1n) is 5.69. The van der Waals surface area contributed by atoms with Crippen molar-refractivity contribution in [2.45, 2.75) is 24.5 Å². The molecule has 2 N–H and O–H groups in total. The average Bonchev–Trinajstić information content (AvgIpc) is 2.30. The van der Waals surface area contributed by atoms with Crippen molar-refractivity contribution < 1.29 is 0 Å². The molecule has 0 aliphatic carbocycles. The number of hydrogen-bond donors (Lipinski definition) is 1. The average molecular weight is 243 g/mol. The van der Waals surface area contributed by atoms with E-state index in [4.69, 9.17) is 5.73 Å². The molecule has 0 heterocycles. The molecular formula is C15H17NS. The highest BCUT2D eigenvalue weighted by molar-refractivity contribution is 7.98. The molecule has 1 nitrogen and oxygen atoms in total. The van der Waals surface area contributed by atoms with Crippen LogP contribution in [0.4, 0.5) is 5.69 Å². The van der Waals surface area contributed by atoms with E-state index in [0.717, 1.165) is 11.4 Å². The quantitative estimate of drug-likeness (QED) is 0.646. The lowest BCUT2D eigenvalue weighted by Gasteiger charge is -2.06. The Morgan fingerprint density at radius 3 is 2.35 bits per heavy atom. The molecule has 0 aliphatic heterocycles. The van der Waals surface area contributed by atoms with E-state index in [1.54, 1.807) is 0 Å². The van der Waals surface area contributed by atoms with Gasteiger partial charge in [-0.05, 0) is 43.2 Å². The Balaban J connectivity index is 2.04. The summed E-state index contributed by atoms with van der Waals surface area (Å²) >= 11 is 1.86. The summed E-state index contributed by atoms with van der Waals surface area (Å²) in [4.78, 5) is 1.31. The van der Waals surface area contributed by atoms with Crippen molar-refractivity contribution in [3.8, 4) is 0 Å². The normalized spacial score (nSPS) is 10.5. The van der Waals surface area contributed by atoms with Crippen LogP contribution >= 0.6 is 11.8 Å². The highest BCUT2D eigenvalue weighted by Gasteiger charge is 2.00. The van der Waals surface area contributed by atoms with Gasteiger partial charge >= 0.3 is 0 Å². The summed E-state index contributed by atoms with van der Waals surface area (Å²) in [6, 6.07) is 14.8. The van der Waals surface area contributed by atoms with Gasteiger partial charge < -0.3 is 5.73 Å². The lowest BCUT2D eigenvalue weighted by atomic mass is 10.2. The molecule has 0 spiro atoms. The molecule has 88 valence electrons. The van der Waals surface area contributed by atoms with Crippen LogP contribution in [0.15, 0.2) is 47.4 Å². The largest absolute Gasteiger partial charge is 0.399 e. The van der Waals surface area contributed by atoms with Gasteiger partial charge in [-0.15, -0.1) is 11.8 Å². The third-order valence-corrected chi connectivity index (χ3v) is 3.96. The number of hydrogen-bond acceptors (Lipinski definition) is 2. The molecule has 0 unspecified atom stereocenters. The van der Waals surface area contributed by atoms with Gasteiger partial charge in [-0.3, -0.25) is 0 Å². The number of nitrogens with two attached hydrogens (primary N) is 1. The van der Waals surface area contributed by atoms with Crippen LogP contribution in [0.25, 0.3) is 0 Å². The van der Waals surface area contributed by atoms with E-state index in [-0.39, 0.29) is 0 Å². The maximum Gasteiger partial charge on any atom is 0.0317 e. The van der Waals surface area contributed by atoms with Crippen molar-refractivity contribution in [2.24, 2.45) is 0 Å². The van der Waals surface area contributed by atoms with Gasteiger partial charge in [-0.1, -0.05) is 29.8 Å². The zero-order valence-electron chi connectivity index (χ0n) is 10.2. The first-order chi connectivity index (χ1) is 8.15. The van der Waals surface area contributed by atoms with E-state index in [1.165, 1.54) is 21.6 Å². The number of thioether (sulfide) groups is 1. The van der Waals surface area contributed by atoms with Crippen molar-refractivity contribution in [1.82, 2.24) is 0 Å². The summed E-state index contributed by atoms with van der Waals surface area (Å²) in [5, 5.41) is 0. The Hall–Kier alpha value is -1.41. The van der Waals surface area contributed by atoms with Gasteiger partial charge in [-0.25, -0.2) is 0 Å². The number of aryl methyl sites for hydroxylation is 2. The molecule has 2 rings (SSSR count). The molecule has 0 bridgehead atoms. The lowest BCUT2D eigenvalue weighted by Crippen LogP contribution is -1.88. The SMILES string of the molecule is Cc1ccc(CSc2ccc(N)cc2C)cc1. The molecule has 2 aromatic rings. The zero-order valence-corrected chi connectivity index (χ0v) is 11.1. The molecule has 0 saturated heterocycles. The van der Waals surface area contributed by atoms with Gasteiger partial charge in [0.15, 0.2) is 0 Å². The van der Waals surface area contributed by atoms with Gasteiger partial charge in [0, 0.05) is 16.3 Å². The van der Waals surface area contributed by atoms with Crippen molar-refractivity contribution in [1.29, 1.82) is 0 Å². The fourth-order valence-electron chi connectivity index (χ4n) is 1.68. The monoisotopic (exact) mass is 243 g/mol. The summed E-state index contributed by atoms with van der Waals surface area (Å²) < 4.78 is 0. The second-order valence-corrected chi connectivity index (χ2v) is 5.32. The third-order valence-electron chi connectivity index (χ3n) is 2.71. The number of rotatable bonds is 3. The highest BCUT2D eigenvalue weighted by atomic mass is 32.2. The van der Waals surface area contributed by atoms with Gasteiger partial charge in [0.05, 0.1) is 0 Å². The highest BCUT2D eigenvalue weighted by Crippen LogP contribution is 2.27. The fraction of sp³-hybridized carbons (Fsp3) is 0.200. The molecule has 17 heavy (non-hydrogen) atoms.